The Bertz CT molecular complexity index is 897. The second-order valence-corrected chi connectivity index (χ2v) is 7.09. The Hall–Kier alpha value is -2.25. The predicted octanol–water partition coefficient (Wildman–Crippen LogP) is 5.71. The summed E-state index contributed by atoms with van der Waals surface area (Å²) in [5.41, 5.74) is -0.0600. The van der Waals surface area contributed by atoms with Crippen molar-refractivity contribution in [3.63, 3.8) is 0 Å². The highest BCUT2D eigenvalue weighted by Gasteiger charge is 2.17. The first-order valence-corrected chi connectivity index (χ1v) is 9.12. The van der Waals surface area contributed by atoms with Crippen molar-refractivity contribution in [3.8, 4) is 0 Å². The third kappa shape index (κ3) is 4.05. The molecule has 0 aliphatic carbocycles. The van der Waals surface area contributed by atoms with Crippen LogP contribution in [0.4, 0.5) is 18.9 Å². The molecule has 2 nitrogen and oxygen atoms in total. The van der Waals surface area contributed by atoms with Crippen LogP contribution in [-0.2, 0) is 5.75 Å². The van der Waals surface area contributed by atoms with Gasteiger partial charge in [0.2, 0.25) is 0 Å². The van der Waals surface area contributed by atoms with Crippen molar-refractivity contribution < 1.29 is 18.0 Å². The lowest BCUT2D eigenvalue weighted by Gasteiger charge is -2.10. The number of thiophene rings is 1. The quantitative estimate of drug-likeness (QED) is 0.454. The first-order chi connectivity index (χ1) is 12.1. The molecule has 0 saturated heterocycles. The lowest BCUT2D eigenvalue weighted by atomic mass is 10.2. The van der Waals surface area contributed by atoms with Gasteiger partial charge in [0.1, 0.15) is 0 Å². The van der Waals surface area contributed by atoms with Gasteiger partial charge in [-0.15, -0.1) is 23.1 Å². The number of halogens is 3. The summed E-state index contributed by atoms with van der Waals surface area (Å²) in [4.78, 5) is 14.3. The molecular weight excluding hydrogens is 367 g/mol. The maximum absolute atomic E-state index is 13.7. The van der Waals surface area contributed by atoms with Crippen molar-refractivity contribution in [3.05, 3.63) is 81.8 Å². The molecule has 0 aliphatic rings. The standard InChI is InChI=1S/C18H12F3NOS2/c19-13-7-8-14(17(21)16(13)20)22-18(23)12-5-1-2-6-15(12)25-10-11-4-3-9-24-11/h1-9H,10H2,(H,22,23). The van der Waals surface area contributed by atoms with Crippen LogP contribution in [0.5, 0.6) is 0 Å². The zero-order valence-electron chi connectivity index (χ0n) is 12.8. The fourth-order valence-electron chi connectivity index (χ4n) is 2.14. The zero-order chi connectivity index (χ0) is 17.8. The topological polar surface area (TPSA) is 29.1 Å². The molecule has 0 bridgehead atoms. The van der Waals surface area contributed by atoms with Gasteiger partial charge in [0.15, 0.2) is 17.5 Å². The molecule has 7 heteroatoms. The summed E-state index contributed by atoms with van der Waals surface area (Å²) in [5.74, 6) is -4.22. The predicted molar refractivity (Wildman–Crippen MR) is 94.6 cm³/mol. The highest BCUT2D eigenvalue weighted by molar-refractivity contribution is 7.98. The molecule has 25 heavy (non-hydrogen) atoms. The normalized spacial score (nSPS) is 10.7. The van der Waals surface area contributed by atoms with E-state index < -0.39 is 29.0 Å². The van der Waals surface area contributed by atoms with Crippen LogP contribution >= 0.6 is 23.1 Å². The van der Waals surface area contributed by atoms with E-state index in [0.717, 1.165) is 21.9 Å². The van der Waals surface area contributed by atoms with Crippen LogP contribution in [0.2, 0.25) is 0 Å². The molecule has 1 aromatic heterocycles. The maximum atomic E-state index is 13.7. The zero-order valence-corrected chi connectivity index (χ0v) is 14.4. The van der Waals surface area contributed by atoms with Crippen LogP contribution in [0, 0.1) is 17.5 Å². The van der Waals surface area contributed by atoms with Crippen molar-refractivity contribution in [1.29, 1.82) is 0 Å². The van der Waals surface area contributed by atoms with Gasteiger partial charge in [0.25, 0.3) is 5.91 Å². The molecular formula is C18H12F3NOS2. The van der Waals surface area contributed by atoms with Gasteiger partial charge in [-0.1, -0.05) is 18.2 Å². The number of anilines is 1. The summed E-state index contributed by atoms with van der Waals surface area (Å²) in [6.45, 7) is 0. The summed E-state index contributed by atoms with van der Waals surface area (Å²) in [6, 6.07) is 12.6. The minimum absolute atomic E-state index is 0.341. The van der Waals surface area contributed by atoms with E-state index in [1.54, 1.807) is 35.6 Å². The minimum Gasteiger partial charge on any atom is -0.319 e. The molecule has 2 aromatic carbocycles. The van der Waals surface area contributed by atoms with Crippen LogP contribution in [0.1, 0.15) is 15.2 Å². The number of rotatable bonds is 5. The van der Waals surface area contributed by atoms with E-state index in [1.165, 1.54) is 11.8 Å². The van der Waals surface area contributed by atoms with Gasteiger partial charge in [-0.05, 0) is 35.7 Å². The first-order valence-electron chi connectivity index (χ1n) is 7.25. The number of thioether (sulfide) groups is 1. The molecule has 0 atom stereocenters. The number of benzene rings is 2. The Kier molecular flexibility index (Phi) is 5.45. The molecule has 0 spiro atoms. The molecule has 0 unspecified atom stereocenters. The number of carbonyl (C=O) groups excluding carboxylic acids is 1. The number of amides is 1. The van der Waals surface area contributed by atoms with Gasteiger partial charge >= 0.3 is 0 Å². The molecule has 0 aliphatic heterocycles. The van der Waals surface area contributed by atoms with Crippen LogP contribution in [0.25, 0.3) is 0 Å². The van der Waals surface area contributed by atoms with Crippen molar-refractivity contribution in [2.24, 2.45) is 0 Å². The Morgan fingerprint density at radius 3 is 2.56 bits per heavy atom. The van der Waals surface area contributed by atoms with E-state index in [-0.39, 0.29) is 0 Å². The first kappa shape index (κ1) is 17.6. The lowest BCUT2D eigenvalue weighted by Crippen LogP contribution is -2.14. The number of hydrogen-bond donors (Lipinski definition) is 1. The number of hydrogen-bond acceptors (Lipinski definition) is 3. The van der Waals surface area contributed by atoms with E-state index in [1.807, 2.05) is 17.5 Å². The Morgan fingerprint density at radius 1 is 1.00 bits per heavy atom. The van der Waals surface area contributed by atoms with Gasteiger partial charge < -0.3 is 5.32 Å². The summed E-state index contributed by atoms with van der Waals surface area (Å²) < 4.78 is 40.0. The molecule has 0 radical (unpaired) electrons. The summed E-state index contributed by atoms with van der Waals surface area (Å²) in [6.07, 6.45) is 0. The summed E-state index contributed by atoms with van der Waals surface area (Å²) in [5, 5.41) is 4.27. The molecule has 3 aromatic rings. The van der Waals surface area contributed by atoms with E-state index in [9.17, 15) is 18.0 Å². The molecule has 0 saturated carbocycles. The second-order valence-electron chi connectivity index (χ2n) is 5.04. The average Bonchev–Trinajstić information content (AvgIpc) is 3.14. The van der Waals surface area contributed by atoms with E-state index >= 15 is 0 Å². The Balaban J connectivity index is 1.79. The minimum atomic E-state index is -1.61. The number of nitrogens with one attached hydrogen (secondary N) is 1. The fraction of sp³-hybridized carbons (Fsp3) is 0.0556. The smallest absolute Gasteiger partial charge is 0.256 e. The molecule has 0 fully saturated rings. The Morgan fingerprint density at radius 2 is 1.80 bits per heavy atom. The van der Waals surface area contributed by atoms with Crippen LogP contribution in [0.15, 0.2) is 58.8 Å². The van der Waals surface area contributed by atoms with Gasteiger partial charge in [0.05, 0.1) is 11.3 Å². The van der Waals surface area contributed by atoms with E-state index in [2.05, 4.69) is 5.32 Å². The third-order valence-corrected chi connectivity index (χ3v) is 5.55. The lowest BCUT2D eigenvalue weighted by molar-refractivity contribution is 0.102. The summed E-state index contributed by atoms with van der Waals surface area (Å²) >= 11 is 3.09. The van der Waals surface area contributed by atoms with Crippen LogP contribution in [0.3, 0.4) is 0 Å². The van der Waals surface area contributed by atoms with Crippen molar-refractivity contribution in [2.45, 2.75) is 10.6 Å². The van der Waals surface area contributed by atoms with Crippen molar-refractivity contribution >= 4 is 34.7 Å². The fourth-order valence-corrected chi connectivity index (χ4v) is 3.96. The molecule has 1 heterocycles. The molecule has 1 amide bonds. The van der Waals surface area contributed by atoms with E-state index in [0.29, 0.717) is 11.3 Å². The average molecular weight is 379 g/mol. The SMILES string of the molecule is O=C(Nc1ccc(F)c(F)c1F)c1ccccc1SCc1cccs1. The van der Waals surface area contributed by atoms with Crippen LogP contribution < -0.4 is 5.32 Å². The van der Waals surface area contributed by atoms with Gasteiger partial charge in [-0.2, -0.15) is 0 Å². The molecule has 1 N–H and O–H groups in total. The highest BCUT2D eigenvalue weighted by Crippen LogP contribution is 2.29. The van der Waals surface area contributed by atoms with Crippen molar-refractivity contribution in [2.75, 3.05) is 5.32 Å². The maximum Gasteiger partial charge on any atom is 0.256 e. The van der Waals surface area contributed by atoms with Crippen molar-refractivity contribution in [1.82, 2.24) is 0 Å². The molecule has 128 valence electrons. The summed E-state index contributed by atoms with van der Waals surface area (Å²) in [7, 11) is 0. The van der Waals surface area contributed by atoms with E-state index in [4.69, 9.17) is 0 Å². The largest absolute Gasteiger partial charge is 0.319 e. The van der Waals surface area contributed by atoms with Gasteiger partial charge in [0, 0.05) is 15.5 Å². The number of carbonyl (C=O) groups is 1. The van der Waals surface area contributed by atoms with Crippen LogP contribution in [-0.4, -0.2) is 5.91 Å². The monoisotopic (exact) mass is 379 g/mol. The highest BCUT2D eigenvalue weighted by atomic mass is 32.2. The van der Waals surface area contributed by atoms with Gasteiger partial charge in [-0.25, -0.2) is 13.2 Å². The third-order valence-electron chi connectivity index (χ3n) is 3.37. The Labute approximate surface area is 150 Å². The second kappa shape index (κ2) is 7.76. The van der Waals surface area contributed by atoms with Gasteiger partial charge in [-0.3, -0.25) is 4.79 Å². The molecule has 3 rings (SSSR count).